The highest BCUT2D eigenvalue weighted by atomic mass is 79.9. The fourth-order valence-corrected chi connectivity index (χ4v) is 4.72. The molecule has 7 nitrogen and oxygen atoms in total. The number of halogens is 2. The second-order valence-corrected chi connectivity index (χ2v) is 11.1. The van der Waals surface area contributed by atoms with Crippen LogP contribution >= 0.6 is 27.5 Å². The predicted molar refractivity (Wildman–Crippen MR) is 136 cm³/mol. The van der Waals surface area contributed by atoms with Gasteiger partial charge in [-0.15, -0.1) is 0 Å². The van der Waals surface area contributed by atoms with Gasteiger partial charge in [0.2, 0.25) is 21.8 Å². The van der Waals surface area contributed by atoms with Gasteiger partial charge in [0.15, 0.2) is 0 Å². The molecular weight excluding hydrogens is 530 g/mol. The molecule has 0 fully saturated rings. The molecule has 0 aliphatic carbocycles. The molecule has 0 aliphatic heterocycles. The summed E-state index contributed by atoms with van der Waals surface area (Å²) in [4.78, 5) is 27.7. The minimum Gasteiger partial charge on any atom is -0.352 e. The van der Waals surface area contributed by atoms with Crippen molar-refractivity contribution in [1.29, 1.82) is 0 Å². The number of nitrogens with zero attached hydrogens (tertiary/aromatic N) is 2. The van der Waals surface area contributed by atoms with E-state index < -0.39 is 28.5 Å². The highest BCUT2D eigenvalue weighted by Crippen LogP contribution is 2.27. The van der Waals surface area contributed by atoms with Crippen molar-refractivity contribution in [2.75, 3.05) is 17.1 Å². The zero-order valence-corrected chi connectivity index (χ0v) is 22.2. The highest BCUT2D eigenvalue weighted by molar-refractivity contribution is 9.10. The summed E-state index contributed by atoms with van der Waals surface area (Å²) in [5.74, 6) is -0.830. The number of hydrogen-bond acceptors (Lipinski definition) is 4. The monoisotopic (exact) mass is 557 g/mol. The van der Waals surface area contributed by atoms with Gasteiger partial charge in [-0.25, -0.2) is 8.42 Å². The number of anilines is 1. The molecule has 2 amide bonds. The number of benzene rings is 2. The summed E-state index contributed by atoms with van der Waals surface area (Å²) in [6.45, 7) is 5.11. The summed E-state index contributed by atoms with van der Waals surface area (Å²) >= 11 is 9.64. The van der Waals surface area contributed by atoms with Crippen molar-refractivity contribution in [3.8, 4) is 0 Å². The van der Waals surface area contributed by atoms with Gasteiger partial charge < -0.3 is 10.2 Å². The Hall–Kier alpha value is -2.10. The number of amides is 2. The van der Waals surface area contributed by atoms with Crippen LogP contribution in [-0.4, -0.2) is 50.0 Å². The van der Waals surface area contributed by atoms with E-state index >= 15 is 0 Å². The van der Waals surface area contributed by atoms with Crippen LogP contribution in [0.1, 0.15) is 32.8 Å². The molecule has 2 aromatic carbocycles. The van der Waals surface area contributed by atoms with Crippen LogP contribution in [0.2, 0.25) is 5.02 Å². The summed E-state index contributed by atoms with van der Waals surface area (Å²) in [6, 6.07) is 12.9. The quantitative estimate of drug-likeness (QED) is 0.474. The fraction of sp³-hybridized carbons (Fsp3) is 0.391. The van der Waals surface area contributed by atoms with Crippen molar-refractivity contribution in [3.63, 3.8) is 0 Å². The first-order chi connectivity index (χ1) is 15.4. The van der Waals surface area contributed by atoms with Crippen molar-refractivity contribution in [2.24, 2.45) is 0 Å². The molecule has 0 saturated heterocycles. The van der Waals surface area contributed by atoms with Gasteiger partial charge in [-0.2, -0.15) is 0 Å². The van der Waals surface area contributed by atoms with Gasteiger partial charge in [-0.1, -0.05) is 58.7 Å². The molecule has 2 atom stereocenters. The SMILES string of the molecule is CC[C@@H](C)NC(=O)[C@@H](C)N(Cc1cccc(Br)c1)C(=O)CN(c1ccccc1Cl)S(C)(=O)=O. The molecule has 0 unspecified atom stereocenters. The molecular formula is C23H29BrClN3O4S. The summed E-state index contributed by atoms with van der Waals surface area (Å²) in [5.41, 5.74) is 0.999. The Morgan fingerprint density at radius 3 is 2.36 bits per heavy atom. The average Bonchev–Trinajstić information content (AvgIpc) is 2.75. The minimum absolute atomic E-state index is 0.0570. The van der Waals surface area contributed by atoms with E-state index in [0.717, 1.165) is 27.0 Å². The Morgan fingerprint density at radius 2 is 1.79 bits per heavy atom. The Kier molecular flexibility index (Phi) is 9.75. The summed E-state index contributed by atoms with van der Waals surface area (Å²) < 4.78 is 26.9. The third kappa shape index (κ3) is 7.72. The minimum atomic E-state index is -3.82. The van der Waals surface area contributed by atoms with Crippen molar-refractivity contribution in [2.45, 2.75) is 45.8 Å². The second kappa shape index (κ2) is 11.9. The number of carbonyl (C=O) groups is 2. The van der Waals surface area contributed by atoms with Gasteiger partial charge >= 0.3 is 0 Å². The smallest absolute Gasteiger partial charge is 0.244 e. The van der Waals surface area contributed by atoms with Crippen LogP contribution in [-0.2, 0) is 26.2 Å². The molecule has 0 radical (unpaired) electrons. The number of nitrogens with one attached hydrogen (secondary N) is 1. The van der Waals surface area contributed by atoms with Gasteiger partial charge in [-0.3, -0.25) is 13.9 Å². The third-order valence-corrected chi connectivity index (χ3v) is 7.15. The topological polar surface area (TPSA) is 86.8 Å². The van der Waals surface area contributed by atoms with E-state index in [1.54, 1.807) is 25.1 Å². The molecule has 10 heteroatoms. The van der Waals surface area contributed by atoms with Crippen LogP contribution in [0.15, 0.2) is 53.0 Å². The molecule has 0 aliphatic rings. The van der Waals surface area contributed by atoms with E-state index in [1.165, 1.54) is 11.0 Å². The Morgan fingerprint density at radius 1 is 1.12 bits per heavy atom. The molecule has 1 N–H and O–H groups in total. The summed E-state index contributed by atoms with van der Waals surface area (Å²) in [7, 11) is -3.82. The molecule has 0 heterocycles. The lowest BCUT2D eigenvalue weighted by atomic mass is 10.1. The first-order valence-corrected chi connectivity index (χ1v) is 13.5. The number of sulfonamides is 1. The van der Waals surface area contributed by atoms with Gasteiger partial charge in [0.05, 0.1) is 17.0 Å². The molecule has 33 heavy (non-hydrogen) atoms. The maximum Gasteiger partial charge on any atom is 0.244 e. The van der Waals surface area contributed by atoms with Crippen molar-refractivity contribution >= 4 is 55.1 Å². The second-order valence-electron chi connectivity index (χ2n) is 7.87. The van der Waals surface area contributed by atoms with Crippen molar-refractivity contribution in [3.05, 3.63) is 63.6 Å². The molecule has 0 bridgehead atoms. The lowest BCUT2D eigenvalue weighted by Gasteiger charge is -2.32. The molecule has 0 saturated carbocycles. The first kappa shape index (κ1) is 27.1. The van der Waals surface area contributed by atoms with Crippen LogP contribution in [0.5, 0.6) is 0 Å². The number of rotatable bonds is 10. The van der Waals surface area contributed by atoms with E-state index in [-0.39, 0.29) is 29.2 Å². The molecule has 2 rings (SSSR count). The average molecular weight is 559 g/mol. The van der Waals surface area contributed by atoms with Crippen molar-refractivity contribution in [1.82, 2.24) is 10.2 Å². The van der Waals surface area contributed by atoms with Crippen LogP contribution in [0.4, 0.5) is 5.69 Å². The zero-order chi connectivity index (χ0) is 24.8. The fourth-order valence-electron chi connectivity index (χ4n) is 3.13. The predicted octanol–water partition coefficient (Wildman–Crippen LogP) is 4.20. The van der Waals surface area contributed by atoms with E-state index in [4.69, 9.17) is 11.6 Å². The van der Waals surface area contributed by atoms with Gasteiger partial charge in [0, 0.05) is 17.1 Å². The molecule has 2 aromatic rings. The van der Waals surface area contributed by atoms with E-state index in [2.05, 4.69) is 21.2 Å². The van der Waals surface area contributed by atoms with Gasteiger partial charge in [0.25, 0.3) is 0 Å². The van der Waals surface area contributed by atoms with Crippen LogP contribution in [0, 0.1) is 0 Å². The molecule has 0 aromatic heterocycles. The van der Waals surface area contributed by atoms with E-state index in [0.29, 0.717) is 0 Å². The van der Waals surface area contributed by atoms with Crippen LogP contribution < -0.4 is 9.62 Å². The standard InChI is InChI=1S/C23H29BrClN3O4S/c1-5-16(2)26-23(30)17(3)27(14-18-9-8-10-19(24)13-18)22(29)15-28(33(4,31)32)21-12-7-6-11-20(21)25/h6-13,16-17H,5,14-15H2,1-4H3,(H,26,30)/t16-,17-/m1/s1. The number of carbonyl (C=O) groups excluding carboxylic acids is 2. The normalized spacial score (nSPS) is 13.2. The maximum atomic E-state index is 13.5. The summed E-state index contributed by atoms with van der Waals surface area (Å²) in [5, 5.41) is 3.10. The zero-order valence-electron chi connectivity index (χ0n) is 19.1. The third-order valence-electron chi connectivity index (χ3n) is 5.21. The van der Waals surface area contributed by atoms with Crippen LogP contribution in [0.3, 0.4) is 0 Å². The highest BCUT2D eigenvalue weighted by Gasteiger charge is 2.31. The summed E-state index contributed by atoms with van der Waals surface area (Å²) in [6.07, 6.45) is 1.76. The Labute approximate surface area is 209 Å². The Balaban J connectivity index is 2.40. The molecule has 180 valence electrons. The lowest BCUT2D eigenvalue weighted by molar-refractivity contribution is -0.139. The van der Waals surface area contributed by atoms with Crippen LogP contribution in [0.25, 0.3) is 0 Å². The molecule has 0 spiro atoms. The largest absolute Gasteiger partial charge is 0.352 e. The lowest BCUT2D eigenvalue weighted by Crippen LogP contribution is -2.52. The maximum absolute atomic E-state index is 13.5. The Bertz CT molecular complexity index is 1100. The van der Waals surface area contributed by atoms with E-state index in [1.807, 2.05) is 38.1 Å². The van der Waals surface area contributed by atoms with E-state index in [9.17, 15) is 18.0 Å². The number of hydrogen-bond donors (Lipinski definition) is 1. The first-order valence-electron chi connectivity index (χ1n) is 10.5. The number of para-hydroxylation sites is 1. The van der Waals surface area contributed by atoms with Gasteiger partial charge in [0.1, 0.15) is 12.6 Å². The van der Waals surface area contributed by atoms with Crippen molar-refractivity contribution < 1.29 is 18.0 Å². The van der Waals surface area contributed by atoms with Gasteiger partial charge in [-0.05, 0) is 50.1 Å².